The summed E-state index contributed by atoms with van der Waals surface area (Å²) in [7, 11) is 0. The van der Waals surface area contributed by atoms with Crippen molar-refractivity contribution in [3.63, 3.8) is 0 Å². The molecule has 2 heterocycles. The lowest BCUT2D eigenvalue weighted by molar-refractivity contribution is -0.237. The number of fused-ring (bicyclic) bond motifs is 4. The summed E-state index contributed by atoms with van der Waals surface area (Å²) in [6.07, 6.45) is 6.91. The molecular weight excluding hydrogens is 380 g/mol. The number of rotatable bonds is 4. The van der Waals surface area contributed by atoms with E-state index in [-0.39, 0.29) is 17.6 Å². The van der Waals surface area contributed by atoms with E-state index in [1.54, 1.807) is 0 Å². The van der Waals surface area contributed by atoms with Gasteiger partial charge in [0.1, 0.15) is 11.7 Å². The van der Waals surface area contributed by atoms with Gasteiger partial charge in [0, 0.05) is 12.3 Å². The Morgan fingerprint density at radius 3 is 2.77 bits per heavy atom. The van der Waals surface area contributed by atoms with E-state index in [1.807, 2.05) is 50.3 Å². The SMILES string of the molecule is C=C[C@@H]1C[C@@H]2/C=C\C[C@@]3(OCc4ccccc4)[C@H](O[C@@H]4OC(C)(C)O[C@@H]43)C(=O)[C@@H]2C1. The standard InChI is InChI=1S/C25H30O5/c1-4-16-13-18-11-8-12-25(27-15-17-9-6-5-7-10-17)21(20(26)19(18)14-16)28-23-22(25)29-24(2,3)30-23/h4-11,16,18-19,21-23H,1,12-15H2,2-3H3/b11-8-/t16-,18+,19-,21-,22+,23-,25-/m1/s1. The maximum absolute atomic E-state index is 13.7. The van der Waals surface area contributed by atoms with Crippen molar-refractivity contribution < 1.29 is 23.7 Å². The number of allylic oxidation sites excluding steroid dienone is 2. The van der Waals surface area contributed by atoms with Crippen LogP contribution in [0.25, 0.3) is 0 Å². The normalized spacial score (nSPS) is 42.7. The third-order valence-electron chi connectivity index (χ3n) is 7.03. The zero-order valence-electron chi connectivity index (χ0n) is 17.7. The second kappa shape index (κ2) is 7.41. The molecule has 4 aliphatic rings. The van der Waals surface area contributed by atoms with Crippen LogP contribution in [0.2, 0.25) is 0 Å². The van der Waals surface area contributed by atoms with Crippen molar-refractivity contribution in [2.24, 2.45) is 17.8 Å². The molecule has 2 saturated heterocycles. The third kappa shape index (κ3) is 3.28. The summed E-state index contributed by atoms with van der Waals surface area (Å²) in [6.45, 7) is 8.08. The summed E-state index contributed by atoms with van der Waals surface area (Å²) in [5.41, 5.74) is 0.148. The zero-order valence-corrected chi connectivity index (χ0v) is 17.7. The smallest absolute Gasteiger partial charge is 0.191 e. The molecule has 0 radical (unpaired) electrons. The largest absolute Gasteiger partial charge is 0.364 e. The van der Waals surface area contributed by atoms with Crippen molar-refractivity contribution in [1.29, 1.82) is 0 Å². The molecule has 160 valence electrons. The fourth-order valence-corrected chi connectivity index (χ4v) is 5.56. The van der Waals surface area contributed by atoms with Crippen LogP contribution in [0.15, 0.2) is 55.1 Å². The lowest BCUT2D eigenvalue weighted by Gasteiger charge is -2.39. The molecule has 0 bridgehead atoms. The molecule has 7 atom stereocenters. The minimum absolute atomic E-state index is 0.0823. The fraction of sp³-hybridized carbons (Fsp3) is 0.560. The molecule has 2 aliphatic carbocycles. The van der Waals surface area contributed by atoms with Gasteiger partial charge in [0.15, 0.2) is 24.0 Å². The van der Waals surface area contributed by atoms with Crippen LogP contribution in [-0.2, 0) is 30.3 Å². The van der Waals surface area contributed by atoms with Gasteiger partial charge in [0.2, 0.25) is 0 Å². The Hall–Kier alpha value is -1.79. The Bertz CT molecular complexity index is 846. The fourth-order valence-electron chi connectivity index (χ4n) is 5.56. The van der Waals surface area contributed by atoms with E-state index >= 15 is 0 Å². The first kappa shape index (κ1) is 20.1. The van der Waals surface area contributed by atoms with Crippen LogP contribution in [-0.4, -0.2) is 35.7 Å². The summed E-state index contributed by atoms with van der Waals surface area (Å²) in [4.78, 5) is 13.7. The first-order valence-corrected chi connectivity index (χ1v) is 10.9. The molecule has 1 saturated carbocycles. The Kier molecular flexibility index (Phi) is 4.98. The summed E-state index contributed by atoms with van der Waals surface area (Å²) in [6, 6.07) is 10.0. The summed E-state index contributed by atoms with van der Waals surface area (Å²) >= 11 is 0. The van der Waals surface area contributed by atoms with E-state index in [2.05, 4.69) is 18.7 Å². The van der Waals surface area contributed by atoms with E-state index in [4.69, 9.17) is 18.9 Å². The molecule has 5 heteroatoms. The topological polar surface area (TPSA) is 54.0 Å². The number of carbonyl (C=O) groups excluding carboxylic acids is 1. The minimum Gasteiger partial charge on any atom is -0.364 e. The van der Waals surface area contributed by atoms with Crippen LogP contribution in [0, 0.1) is 17.8 Å². The van der Waals surface area contributed by atoms with Crippen LogP contribution in [0.3, 0.4) is 0 Å². The van der Waals surface area contributed by atoms with Crippen LogP contribution < -0.4 is 0 Å². The highest BCUT2D eigenvalue weighted by atomic mass is 16.8. The number of Topliss-reactive ketones (excluding diaryl/α,β-unsaturated/α-hetero) is 1. The van der Waals surface area contributed by atoms with Crippen LogP contribution in [0.1, 0.15) is 38.7 Å². The van der Waals surface area contributed by atoms with E-state index in [0.29, 0.717) is 18.9 Å². The average Bonchev–Trinajstić information content (AvgIpc) is 3.36. The van der Waals surface area contributed by atoms with Crippen molar-refractivity contribution in [2.75, 3.05) is 0 Å². The molecule has 5 nitrogen and oxygen atoms in total. The second-order valence-corrected chi connectivity index (χ2v) is 9.44. The van der Waals surface area contributed by atoms with E-state index in [1.165, 1.54) is 0 Å². The minimum atomic E-state index is -0.904. The Labute approximate surface area is 178 Å². The van der Waals surface area contributed by atoms with Gasteiger partial charge >= 0.3 is 0 Å². The van der Waals surface area contributed by atoms with Gasteiger partial charge in [-0.15, -0.1) is 6.58 Å². The molecule has 3 fully saturated rings. The summed E-state index contributed by atoms with van der Waals surface area (Å²) < 4.78 is 25.1. The number of ketones is 1. The van der Waals surface area contributed by atoms with Gasteiger partial charge in [-0.3, -0.25) is 4.79 Å². The molecule has 5 rings (SSSR count). The Morgan fingerprint density at radius 1 is 1.20 bits per heavy atom. The molecule has 1 aromatic rings. The number of hydrogen-bond acceptors (Lipinski definition) is 5. The molecule has 0 amide bonds. The number of hydrogen-bond donors (Lipinski definition) is 0. The van der Waals surface area contributed by atoms with Crippen molar-refractivity contribution in [3.05, 3.63) is 60.7 Å². The number of carbonyl (C=O) groups is 1. The highest BCUT2D eigenvalue weighted by Gasteiger charge is 2.67. The molecule has 1 aromatic carbocycles. The third-order valence-corrected chi connectivity index (χ3v) is 7.03. The van der Waals surface area contributed by atoms with Gasteiger partial charge in [0.25, 0.3) is 0 Å². The maximum atomic E-state index is 13.7. The van der Waals surface area contributed by atoms with E-state index < -0.39 is 29.9 Å². The van der Waals surface area contributed by atoms with Gasteiger partial charge < -0.3 is 18.9 Å². The van der Waals surface area contributed by atoms with Crippen LogP contribution in [0.4, 0.5) is 0 Å². The zero-order chi connectivity index (χ0) is 20.9. The van der Waals surface area contributed by atoms with Crippen molar-refractivity contribution in [3.8, 4) is 0 Å². The highest BCUT2D eigenvalue weighted by Crippen LogP contribution is 2.51. The van der Waals surface area contributed by atoms with Gasteiger partial charge in [0.05, 0.1) is 6.61 Å². The van der Waals surface area contributed by atoms with Gasteiger partial charge in [-0.1, -0.05) is 48.6 Å². The highest BCUT2D eigenvalue weighted by molar-refractivity contribution is 5.88. The summed E-state index contributed by atoms with van der Waals surface area (Å²) in [5.74, 6) is -0.154. The Balaban J connectivity index is 1.50. The second-order valence-electron chi connectivity index (χ2n) is 9.44. The average molecular weight is 411 g/mol. The molecular formula is C25H30O5. The molecule has 0 unspecified atom stereocenters. The van der Waals surface area contributed by atoms with Crippen molar-refractivity contribution in [2.45, 2.75) is 69.6 Å². The molecule has 2 aliphatic heterocycles. The lowest BCUT2D eigenvalue weighted by Crippen LogP contribution is -2.55. The molecule has 30 heavy (non-hydrogen) atoms. The van der Waals surface area contributed by atoms with E-state index in [9.17, 15) is 4.79 Å². The first-order valence-electron chi connectivity index (χ1n) is 10.9. The van der Waals surface area contributed by atoms with E-state index in [0.717, 1.165) is 18.4 Å². The molecule has 0 spiro atoms. The molecule has 0 N–H and O–H groups in total. The predicted octanol–water partition coefficient (Wildman–Crippen LogP) is 4.18. The lowest BCUT2D eigenvalue weighted by atomic mass is 9.77. The first-order chi connectivity index (χ1) is 14.4. The number of ether oxygens (including phenoxy) is 4. The Morgan fingerprint density at radius 2 is 2.00 bits per heavy atom. The van der Waals surface area contributed by atoms with Gasteiger partial charge in [-0.05, 0) is 44.1 Å². The monoisotopic (exact) mass is 410 g/mol. The quantitative estimate of drug-likeness (QED) is 0.697. The predicted molar refractivity (Wildman–Crippen MR) is 111 cm³/mol. The summed E-state index contributed by atoms with van der Waals surface area (Å²) in [5, 5.41) is 0. The van der Waals surface area contributed by atoms with Crippen molar-refractivity contribution >= 4 is 5.78 Å². The molecule has 0 aromatic heterocycles. The van der Waals surface area contributed by atoms with Crippen molar-refractivity contribution in [1.82, 2.24) is 0 Å². The van der Waals surface area contributed by atoms with Gasteiger partial charge in [-0.2, -0.15) is 0 Å². The van der Waals surface area contributed by atoms with Crippen LogP contribution >= 0.6 is 0 Å². The maximum Gasteiger partial charge on any atom is 0.191 e. The van der Waals surface area contributed by atoms with Gasteiger partial charge in [-0.25, -0.2) is 0 Å². The van der Waals surface area contributed by atoms with Crippen LogP contribution in [0.5, 0.6) is 0 Å². The number of benzene rings is 1.